The fraction of sp³-hybridized carbons (Fsp3) is 0.600. The number of ether oxygens (including phenoxy) is 2. The van der Waals surface area contributed by atoms with Gasteiger partial charge in [0.15, 0.2) is 0 Å². The molecule has 2 fully saturated rings. The maximum absolute atomic E-state index is 13.5. The van der Waals surface area contributed by atoms with Gasteiger partial charge in [-0.25, -0.2) is 8.42 Å². The standard InChI is InChI=1S/C23H35N2O5S.2CH2/c1-29-20-13-14-22(21(16-20)30-2)31(27,28)25-15-9-8-12-19(25)17-24-23(26)18-10-6-4-3-5-7-11-18;;/h13-14,16,19H,3-12,15,17H2,1-2H3,(H,24,26);2*1H2. The first kappa shape index (κ1) is 29.2. The topological polar surface area (TPSA) is 84.9 Å². The second kappa shape index (κ2) is 13.8. The summed E-state index contributed by atoms with van der Waals surface area (Å²) in [5.41, 5.74) is 0. The smallest absolute Gasteiger partial charge is 0.247 e. The van der Waals surface area contributed by atoms with Crippen LogP contribution in [0.25, 0.3) is 0 Å². The molecule has 1 aromatic rings. The Labute approximate surface area is 201 Å². The summed E-state index contributed by atoms with van der Waals surface area (Å²) in [7, 11) is -0.787. The highest BCUT2D eigenvalue weighted by molar-refractivity contribution is 7.89. The molecule has 8 heteroatoms. The number of amides is 1. The van der Waals surface area contributed by atoms with Gasteiger partial charge in [-0.15, -0.1) is 0 Å². The van der Waals surface area contributed by atoms with Crippen molar-refractivity contribution < 1.29 is 22.7 Å². The highest BCUT2D eigenvalue weighted by Gasteiger charge is 2.36. The largest absolute Gasteiger partial charge is 0.497 e. The third-order valence-corrected chi connectivity index (χ3v) is 8.30. The number of sulfonamides is 1. The molecule has 1 saturated heterocycles. The van der Waals surface area contributed by atoms with E-state index in [1.54, 1.807) is 12.1 Å². The lowest BCUT2D eigenvalue weighted by molar-refractivity contribution is -0.120. The summed E-state index contributed by atoms with van der Waals surface area (Å²) in [6.45, 7) is 0.772. The zero-order chi connectivity index (χ0) is 22.3. The summed E-state index contributed by atoms with van der Waals surface area (Å²) in [6.07, 6.45) is 9.90. The van der Waals surface area contributed by atoms with Crippen LogP contribution in [0.5, 0.6) is 11.5 Å². The molecule has 1 aliphatic carbocycles. The lowest BCUT2D eigenvalue weighted by Crippen LogP contribution is -2.49. The first-order valence-electron chi connectivity index (χ1n) is 11.3. The molecule has 0 spiro atoms. The lowest BCUT2D eigenvalue weighted by atomic mass is 9.90. The number of carbonyl (C=O) groups is 1. The van der Waals surface area contributed by atoms with Gasteiger partial charge in [0, 0.05) is 25.2 Å². The summed E-state index contributed by atoms with van der Waals surface area (Å²) in [4.78, 5) is 12.9. The molecular weight excluding hydrogens is 440 g/mol. The molecule has 1 unspecified atom stereocenters. The van der Waals surface area contributed by atoms with E-state index in [0.717, 1.165) is 50.9 Å². The summed E-state index contributed by atoms with van der Waals surface area (Å²) < 4.78 is 39.1. The molecule has 0 aromatic heterocycles. The zero-order valence-electron chi connectivity index (χ0n) is 20.1. The van der Waals surface area contributed by atoms with E-state index in [9.17, 15) is 13.2 Å². The van der Waals surface area contributed by atoms with E-state index >= 15 is 0 Å². The molecule has 33 heavy (non-hydrogen) atoms. The van der Waals surface area contributed by atoms with Crippen molar-refractivity contribution in [3.05, 3.63) is 39.0 Å². The zero-order valence-corrected chi connectivity index (χ0v) is 20.9. The maximum Gasteiger partial charge on any atom is 0.247 e. The minimum absolute atomic E-state index is 0. The summed E-state index contributed by atoms with van der Waals surface area (Å²) in [5.74, 6) is 1.75. The Morgan fingerprint density at radius 1 is 1.00 bits per heavy atom. The Morgan fingerprint density at radius 2 is 1.67 bits per heavy atom. The molecule has 3 rings (SSSR count). The van der Waals surface area contributed by atoms with Gasteiger partial charge in [0.1, 0.15) is 16.4 Å². The van der Waals surface area contributed by atoms with Crippen LogP contribution in [0.1, 0.15) is 64.2 Å². The van der Waals surface area contributed by atoms with Gasteiger partial charge < -0.3 is 14.8 Å². The Kier molecular flexibility index (Phi) is 12.2. The van der Waals surface area contributed by atoms with Crippen LogP contribution >= 0.6 is 0 Å². The number of hydrogen-bond donors (Lipinski definition) is 1. The van der Waals surface area contributed by atoms with Crippen molar-refractivity contribution in [2.45, 2.75) is 75.1 Å². The van der Waals surface area contributed by atoms with Crippen LogP contribution in [0.2, 0.25) is 0 Å². The molecule has 1 N–H and O–H groups in total. The Morgan fingerprint density at radius 3 is 2.30 bits per heavy atom. The van der Waals surface area contributed by atoms with Crippen molar-refractivity contribution in [1.82, 2.24) is 9.62 Å². The van der Waals surface area contributed by atoms with Gasteiger partial charge in [0.25, 0.3) is 0 Å². The number of nitrogens with one attached hydrogen (secondary N) is 1. The van der Waals surface area contributed by atoms with Gasteiger partial charge in [0.2, 0.25) is 15.9 Å². The predicted molar refractivity (Wildman–Crippen MR) is 130 cm³/mol. The van der Waals surface area contributed by atoms with Crippen LogP contribution in [0.15, 0.2) is 23.1 Å². The minimum atomic E-state index is -3.77. The van der Waals surface area contributed by atoms with Crippen LogP contribution in [-0.2, 0) is 14.8 Å². The van der Waals surface area contributed by atoms with E-state index in [1.807, 2.05) is 0 Å². The van der Waals surface area contributed by atoms with Crippen LogP contribution < -0.4 is 14.8 Å². The maximum atomic E-state index is 13.5. The van der Waals surface area contributed by atoms with E-state index in [1.165, 1.54) is 43.9 Å². The molecule has 1 saturated carbocycles. The highest BCUT2D eigenvalue weighted by atomic mass is 32.2. The average Bonchev–Trinajstić information content (AvgIpc) is 2.76. The number of methoxy groups -OCH3 is 2. The van der Waals surface area contributed by atoms with Gasteiger partial charge in [-0.3, -0.25) is 4.79 Å². The molecule has 185 valence electrons. The van der Waals surface area contributed by atoms with E-state index < -0.39 is 10.0 Å². The van der Waals surface area contributed by atoms with Crippen molar-refractivity contribution in [2.75, 3.05) is 27.3 Å². The Bertz CT molecular complexity index is 835. The van der Waals surface area contributed by atoms with Crippen molar-refractivity contribution >= 4 is 15.9 Å². The first-order valence-corrected chi connectivity index (χ1v) is 12.8. The SMILES string of the molecule is COc1ccc(S(=O)(=O)N2CCCCC2CNC(=O)[C]2CCCCCCC2)c(OC)c1.[CH2].[CH2]. The summed E-state index contributed by atoms with van der Waals surface area (Å²) in [6, 6.07) is 4.48. The second-order valence-corrected chi connectivity index (χ2v) is 10.2. The number of carbonyl (C=O) groups excluding carboxylic acids is 1. The number of nitrogens with zero attached hydrogens (tertiary/aromatic N) is 1. The molecule has 7 nitrogen and oxygen atoms in total. The number of benzene rings is 1. The Hall–Kier alpha value is -1.80. The quantitative estimate of drug-likeness (QED) is 0.629. The van der Waals surface area contributed by atoms with Crippen LogP contribution in [0, 0.1) is 20.8 Å². The molecule has 0 bridgehead atoms. The molecule has 1 amide bonds. The Balaban J connectivity index is 0.00000272. The van der Waals surface area contributed by atoms with Crippen molar-refractivity contribution in [3.63, 3.8) is 0 Å². The van der Waals surface area contributed by atoms with Gasteiger partial charge in [-0.05, 0) is 37.8 Å². The van der Waals surface area contributed by atoms with Gasteiger partial charge in [0.05, 0.1) is 20.1 Å². The molecule has 5 radical (unpaired) electrons. The molecule has 2 aliphatic rings. The molecule has 1 atom stereocenters. The third kappa shape index (κ3) is 7.34. The van der Waals surface area contributed by atoms with Gasteiger partial charge in [-0.1, -0.05) is 53.4 Å². The molecule has 1 aliphatic heterocycles. The van der Waals surface area contributed by atoms with Crippen molar-refractivity contribution in [2.24, 2.45) is 0 Å². The van der Waals surface area contributed by atoms with E-state index in [4.69, 9.17) is 9.47 Å². The van der Waals surface area contributed by atoms with Crippen LogP contribution in [-0.4, -0.2) is 52.0 Å². The first-order chi connectivity index (χ1) is 15.0. The van der Waals surface area contributed by atoms with Crippen molar-refractivity contribution in [1.29, 1.82) is 0 Å². The minimum Gasteiger partial charge on any atom is -0.497 e. The fourth-order valence-electron chi connectivity index (χ4n) is 4.50. The van der Waals surface area contributed by atoms with Crippen molar-refractivity contribution in [3.8, 4) is 11.5 Å². The fourth-order valence-corrected chi connectivity index (χ4v) is 6.33. The average molecular weight is 480 g/mol. The van der Waals surface area contributed by atoms with Gasteiger partial charge >= 0.3 is 0 Å². The summed E-state index contributed by atoms with van der Waals surface area (Å²) in [5, 5.41) is 3.04. The van der Waals surface area contributed by atoms with E-state index in [2.05, 4.69) is 5.32 Å². The van der Waals surface area contributed by atoms with Crippen LogP contribution in [0.3, 0.4) is 0 Å². The number of hydrogen-bond acceptors (Lipinski definition) is 5. The van der Waals surface area contributed by atoms with E-state index in [-0.39, 0.29) is 37.4 Å². The van der Waals surface area contributed by atoms with E-state index in [0.29, 0.717) is 18.8 Å². The highest BCUT2D eigenvalue weighted by Crippen LogP contribution is 2.33. The third-order valence-electron chi connectivity index (χ3n) is 6.31. The second-order valence-electron chi connectivity index (χ2n) is 8.36. The summed E-state index contributed by atoms with van der Waals surface area (Å²) >= 11 is 0. The molecular formula is C25H39N2O5S. The predicted octanol–water partition coefficient (Wildman–Crippen LogP) is 4.34. The van der Waals surface area contributed by atoms with Gasteiger partial charge in [-0.2, -0.15) is 4.31 Å². The number of piperidine rings is 1. The normalized spacial score (nSPS) is 20.4. The molecule has 1 aromatic carbocycles. The number of rotatable bonds is 7. The lowest BCUT2D eigenvalue weighted by Gasteiger charge is -2.35. The molecule has 1 heterocycles. The van der Waals surface area contributed by atoms with Crippen LogP contribution in [0.4, 0.5) is 0 Å². The monoisotopic (exact) mass is 479 g/mol.